The molecule has 1 N–H and O–H groups in total. The summed E-state index contributed by atoms with van der Waals surface area (Å²) < 4.78 is 72.7. The van der Waals surface area contributed by atoms with Gasteiger partial charge in [0.2, 0.25) is 0 Å². The average Bonchev–Trinajstić information content (AvgIpc) is 3.45. The molecular weight excluding hydrogens is 490 g/mol. The van der Waals surface area contributed by atoms with Gasteiger partial charge in [-0.15, -0.1) is 0 Å². The molecule has 0 bridgehead atoms. The van der Waals surface area contributed by atoms with Crippen LogP contribution in [0, 0.1) is 5.82 Å². The second-order valence-corrected chi connectivity index (χ2v) is 10.6. The third kappa shape index (κ3) is 5.08. The van der Waals surface area contributed by atoms with Crippen molar-refractivity contribution in [2.24, 2.45) is 7.05 Å². The first-order chi connectivity index (χ1) is 16.4. The second-order valence-electron chi connectivity index (χ2n) is 8.47. The van der Waals surface area contributed by atoms with Gasteiger partial charge in [0.05, 0.1) is 16.3 Å². The lowest BCUT2D eigenvalue weighted by molar-refractivity contribution is -0.192. The molecule has 2 atom stereocenters. The van der Waals surface area contributed by atoms with E-state index >= 15 is 0 Å². The molecule has 0 amide bonds. The maximum Gasteiger partial charge on any atom is 0.490 e. The topological polar surface area (TPSA) is 92.5 Å². The second kappa shape index (κ2) is 9.08. The molecule has 186 valence electrons. The molecule has 5 rings (SSSR count). The van der Waals surface area contributed by atoms with Gasteiger partial charge in [0.1, 0.15) is 5.82 Å². The summed E-state index contributed by atoms with van der Waals surface area (Å²) in [4.78, 5) is 11.5. The SMILES string of the molecule is Cn1cc(-c2ccc3c(c2)C2CN(Cc4ccc(F)cc4)CC2S3(=O)=O)cn1.O=C(O)C(F)(F)F. The number of aromatic nitrogens is 2. The number of likely N-dealkylation sites (tertiary alicyclic amines) is 1. The number of aliphatic carboxylic acids is 1. The average molecular weight is 511 g/mol. The zero-order chi connectivity index (χ0) is 25.5. The minimum atomic E-state index is -5.08. The maximum atomic E-state index is 13.1. The van der Waals surface area contributed by atoms with Gasteiger partial charge in [-0.3, -0.25) is 9.58 Å². The van der Waals surface area contributed by atoms with Gasteiger partial charge in [-0.2, -0.15) is 18.3 Å². The Morgan fingerprint density at radius 3 is 2.34 bits per heavy atom. The van der Waals surface area contributed by atoms with Gasteiger partial charge in [0.15, 0.2) is 9.84 Å². The van der Waals surface area contributed by atoms with Crippen LogP contribution in [0.4, 0.5) is 17.6 Å². The van der Waals surface area contributed by atoms with Crippen LogP contribution in [-0.2, 0) is 28.2 Å². The van der Waals surface area contributed by atoms with Gasteiger partial charge in [-0.1, -0.05) is 18.2 Å². The minimum absolute atomic E-state index is 0.0305. The molecule has 7 nitrogen and oxygen atoms in total. The van der Waals surface area contributed by atoms with Crippen LogP contribution in [0.5, 0.6) is 0 Å². The summed E-state index contributed by atoms with van der Waals surface area (Å²) >= 11 is 0. The van der Waals surface area contributed by atoms with Gasteiger partial charge >= 0.3 is 12.1 Å². The molecule has 1 aromatic heterocycles. The normalized spacial score (nSPS) is 20.6. The van der Waals surface area contributed by atoms with Crippen LogP contribution in [0.15, 0.2) is 59.8 Å². The van der Waals surface area contributed by atoms with Crippen LogP contribution in [0.3, 0.4) is 0 Å². The number of halogens is 4. The van der Waals surface area contributed by atoms with E-state index in [1.807, 2.05) is 25.4 Å². The maximum absolute atomic E-state index is 13.1. The monoisotopic (exact) mass is 511 g/mol. The summed E-state index contributed by atoms with van der Waals surface area (Å²) in [5.41, 5.74) is 3.86. The number of carboxylic acids is 1. The largest absolute Gasteiger partial charge is 0.490 e. The number of carboxylic acid groups (broad SMARTS) is 1. The molecule has 2 aliphatic heterocycles. The molecule has 2 aliphatic rings. The zero-order valence-corrected chi connectivity index (χ0v) is 19.2. The van der Waals surface area contributed by atoms with E-state index in [1.165, 1.54) is 12.1 Å². The van der Waals surface area contributed by atoms with Crippen molar-refractivity contribution < 1.29 is 35.9 Å². The first-order valence-corrected chi connectivity index (χ1v) is 12.0. The van der Waals surface area contributed by atoms with Gasteiger partial charge in [-0.05, 0) is 41.0 Å². The number of carbonyl (C=O) groups is 1. The molecule has 3 aromatic rings. The third-order valence-electron chi connectivity index (χ3n) is 6.06. The van der Waals surface area contributed by atoms with Crippen molar-refractivity contribution in [1.82, 2.24) is 14.7 Å². The standard InChI is InChI=1S/C21H20FN3O2S.C2HF3O2/c1-24-11-16(9-23-24)15-4-7-20-18(8-15)19-12-25(13-21(19)28(20,26)27)10-14-2-5-17(22)6-3-14;3-2(4,5)1(6)7/h2-9,11,19,21H,10,12-13H2,1H3;(H,6,7). The molecule has 0 radical (unpaired) electrons. The molecular formula is C23H21F4N3O4S. The third-order valence-corrected chi connectivity index (χ3v) is 8.32. The lowest BCUT2D eigenvalue weighted by Crippen LogP contribution is -2.25. The number of fused-ring (bicyclic) bond motifs is 3. The lowest BCUT2D eigenvalue weighted by atomic mass is 9.95. The van der Waals surface area contributed by atoms with Gasteiger partial charge in [-0.25, -0.2) is 17.6 Å². The van der Waals surface area contributed by atoms with Crippen LogP contribution in [0.1, 0.15) is 17.0 Å². The van der Waals surface area contributed by atoms with Crippen molar-refractivity contribution in [3.63, 3.8) is 0 Å². The van der Waals surface area contributed by atoms with Crippen LogP contribution >= 0.6 is 0 Å². The van der Waals surface area contributed by atoms with E-state index in [9.17, 15) is 26.0 Å². The zero-order valence-electron chi connectivity index (χ0n) is 18.4. The number of sulfone groups is 1. The quantitative estimate of drug-likeness (QED) is 0.540. The smallest absolute Gasteiger partial charge is 0.475 e. The minimum Gasteiger partial charge on any atom is -0.475 e. The predicted molar refractivity (Wildman–Crippen MR) is 118 cm³/mol. The van der Waals surface area contributed by atoms with E-state index in [4.69, 9.17) is 9.90 Å². The first kappa shape index (κ1) is 24.9. The summed E-state index contributed by atoms with van der Waals surface area (Å²) in [6.45, 7) is 1.81. The fraction of sp³-hybridized carbons (Fsp3) is 0.304. The number of aryl methyl sites for hydroxylation is 1. The molecule has 0 spiro atoms. The highest BCUT2D eigenvalue weighted by Gasteiger charge is 2.50. The number of alkyl halides is 3. The van der Waals surface area contributed by atoms with Crippen LogP contribution in [0.25, 0.3) is 11.1 Å². The van der Waals surface area contributed by atoms with Crippen molar-refractivity contribution in [3.05, 3.63) is 71.8 Å². The van der Waals surface area contributed by atoms with Crippen molar-refractivity contribution in [2.75, 3.05) is 13.1 Å². The van der Waals surface area contributed by atoms with Gasteiger partial charge in [0.25, 0.3) is 0 Å². The highest BCUT2D eigenvalue weighted by Crippen LogP contribution is 2.46. The van der Waals surface area contributed by atoms with Gasteiger partial charge < -0.3 is 5.11 Å². The van der Waals surface area contributed by atoms with E-state index in [1.54, 1.807) is 29.1 Å². The van der Waals surface area contributed by atoms with Crippen LogP contribution in [-0.4, -0.2) is 58.7 Å². The van der Waals surface area contributed by atoms with E-state index in [0.29, 0.717) is 24.5 Å². The van der Waals surface area contributed by atoms with Crippen molar-refractivity contribution in [1.29, 1.82) is 0 Å². The van der Waals surface area contributed by atoms with Crippen molar-refractivity contribution in [3.8, 4) is 11.1 Å². The molecule has 0 saturated carbocycles. The van der Waals surface area contributed by atoms with E-state index in [0.717, 1.165) is 22.3 Å². The number of hydrogen-bond donors (Lipinski definition) is 1. The van der Waals surface area contributed by atoms with Crippen molar-refractivity contribution >= 4 is 15.8 Å². The Bertz CT molecular complexity index is 1350. The van der Waals surface area contributed by atoms with E-state index in [2.05, 4.69) is 10.00 Å². The Balaban J connectivity index is 0.000000364. The highest BCUT2D eigenvalue weighted by atomic mass is 32.2. The summed E-state index contributed by atoms with van der Waals surface area (Å²) in [5, 5.41) is 10.9. The summed E-state index contributed by atoms with van der Waals surface area (Å²) in [6.07, 6.45) is -1.36. The number of rotatable bonds is 3. The first-order valence-electron chi connectivity index (χ1n) is 10.5. The Labute approximate surface area is 198 Å². The molecule has 2 aromatic carbocycles. The lowest BCUT2D eigenvalue weighted by Gasteiger charge is -2.17. The highest BCUT2D eigenvalue weighted by molar-refractivity contribution is 7.92. The molecule has 0 aliphatic carbocycles. The Morgan fingerprint density at radius 1 is 1.11 bits per heavy atom. The molecule has 1 saturated heterocycles. The Kier molecular flexibility index (Phi) is 6.45. The molecule has 3 heterocycles. The predicted octanol–water partition coefficient (Wildman–Crippen LogP) is 3.61. The summed E-state index contributed by atoms with van der Waals surface area (Å²) in [5.74, 6) is -3.05. The number of benzene rings is 2. The molecule has 12 heteroatoms. The number of nitrogens with zero attached hydrogens (tertiary/aromatic N) is 3. The Hall–Kier alpha value is -3.25. The van der Waals surface area contributed by atoms with E-state index in [-0.39, 0.29) is 11.7 Å². The van der Waals surface area contributed by atoms with Crippen LogP contribution < -0.4 is 0 Å². The Morgan fingerprint density at radius 2 is 1.77 bits per heavy atom. The fourth-order valence-electron chi connectivity index (χ4n) is 4.45. The van der Waals surface area contributed by atoms with Crippen molar-refractivity contribution in [2.45, 2.75) is 28.8 Å². The summed E-state index contributed by atoms with van der Waals surface area (Å²) in [7, 11) is -1.47. The molecule has 2 unspecified atom stereocenters. The molecule has 35 heavy (non-hydrogen) atoms. The van der Waals surface area contributed by atoms with Crippen LogP contribution in [0.2, 0.25) is 0 Å². The summed E-state index contributed by atoms with van der Waals surface area (Å²) in [6, 6.07) is 12.0. The van der Waals surface area contributed by atoms with E-state index < -0.39 is 27.2 Å². The van der Waals surface area contributed by atoms with Gasteiger partial charge in [0, 0.05) is 44.4 Å². The molecule has 1 fully saturated rings. The number of hydrogen-bond acceptors (Lipinski definition) is 5. The fourth-order valence-corrected chi connectivity index (χ4v) is 6.65.